The van der Waals surface area contributed by atoms with Gasteiger partial charge in [-0.05, 0) is 47.5 Å². The molecule has 2 amide bonds. The standard InChI is InChI=1S/C19H19BrN4O2S/c1-11(17-21-10-14(24-17)13-6-4-3-5-7-13)22-18(25)12(2)23-19(26)15-8-9-16(20)27-15/h3-12H,1-2H3,(H,21,24)(H,22,25)(H,23,26). The molecule has 0 aliphatic carbocycles. The number of nitrogens with zero attached hydrogens (tertiary/aromatic N) is 1. The molecule has 3 aromatic rings. The molecule has 2 aromatic heterocycles. The first-order chi connectivity index (χ1) is 12.9. The summed E-state index contributed by atoms with van der Waals surface area (Å²) >= 11 is 4.64. The van der Waals surface area contributed by atoms with E-state index in [1.165, 1.54) is 11.3 Å². The van der Waals surface area contributed by atoms with Gasteiger partial charge in [-0.25, -0.2) is 4.98 Å². The van der Waals surface area contributed by atoms with Crippen molar-refractivity contribution in [3.63, 3.8) is 0 Å². The van der Waals surface area contributed by atoms with E-state index in [1.807, 2.05) is 37.3 Å². The number of thiophene rings is 1. The Morgan fingerprint density at radius 2 is 1.85 bits per heavy atom. The number of amides is 2. The van der Waals surface area contributed by atoms with Gasteiger partial charge in [0.15, 0.2) is 0 Å². The molecule has 0 aliphatic rings. The second-order valence-corrected chi connectivity index (χ2v) is 8.54. The van der Waals surface area contributed by atoms with Crippen molar-refractivity contribution in [1.82, 2.24) is 20.6 Å². The number of carbonyl (C=O) groups excluding carboxylic acids is 2. The zero-order valence-electron chi connectivity index (χ0n) is 14.8. The van der Waals surface area contributed by atoms with Gasteiger partial charge in [0.1, 0.15) is 11.9 Å². The molecular weight excluding hydrogens is 428 g/mol. The molecule has 3 N–H and O–H groups in total. The molecule has 0 bridgehead atoms. The largest absolute Gasteiger partial charge is 0.345 e. The van der Waals surface area contributed by atoms with E-state index in [0.29, 0.717) is 10.7 Å². The summed E-state index contributed by atoms with van der Waals surface area (Å²) in [7, 11) is 0. The van der Waals surface area contributed by atoms with Crippen LogP contribution in [0.25, 0.3) is 11.3 Å². The number of hydrogen-bond acceptors (Lipinski definition) is 4. The van der Waals surface area contributed by atoms with Crippen molar-refractivity contribution in [2.45, 2.75) is 25.9 Å². The van der Waals surface area contributed by atoms with Gasteiger partial charge < -0.3 is 15.6 Å². The van der Waals surface area contributed by atoms with E-state index < -0.39 is 6.04 Å². The van der Waals surface area contributed by atoms with Gasteiger partial charge in [-0.3, -0.25) is 9.59 Å². The Morgan fingerprint density at radius 1 is 1.11 bits per heavy atom. The van der Waals surface area contributed by atoms with Crippen molar-refractivity contribution in [3.05, 3.63) is 63.1 Å². The van der Waals surface area contributed by atoms with Crippen LogP contribution < -0.4 is 10.6 Å². The van der Waals surface area contributed by atoms with Crippen LogP contribution in [-0.4, -0.2) is 27.8 Å². The molecule has 0 radical (unpaired) electrons. The molecule has 8 heteroatoms. The number of halogens is 1. The van der Waals surface area contributed by atoms with E-state index in [2.05, 4.69) is 36.5 Å². The van der Waals surface area contributed by atoms with Crippen molar-refractivity contribution in [3.8, 4) is 11.3 Å². The fourth-order valence-electron chi connectivity index (χ4n) is 2.50. The van der Waals surface area contributed by atoms with Gasteiger partial charge in [0.2, 0.25) is 5.91 Å². The molecule has 0 saturated carbocycles. The van der Waals surface area contributed by atoms with Crippen molar-refractivity contribution < 1.29 is 9.59 Å². The maximum Gasteiger partial charge on any atom is 0.262 e. The maximum atomic E-state index is 12.4. The highest BCUT2D eigenvalue weighted by atomic mass is 79.9. The van der Waals surface area contributed by atoms with E-state index >= 15 is 0 Å². The Morgan fingerprint density at radius 3 is 2.52 bits per heavy atom. The minimum absolute atomic E-state index is 0.273. The number of carbonyl (C=O) groups is 2. The molecule has 0 aliphatic heterocycles. The van der Waals surface area contributed by atoms with Gasteiger partial charge in [0, 0.05) is 0 Å². The lowest BCUT2D eigenvalue weighted by Crippen LogP contribution is -2.45. The predicted molar refractivity (Wildman–Crippen MR) is 110 cm³/mol. The summed E-state index contributed by atoms with van der Waals surface area (Å²) in [5.74, 6) is 0.109. The SMILES string of the molecule is CC(NC(=O)c1ccc(Br)s1)C(=O)NC(C)c1ncc(-c2ccccc2)[nH]1. The quantitative estimate of drug-likeness (QED) is 0.536. The maximum absolute atomic E-state index is 12.4. The normalized spacial score (nSPS) is 13.0. The number of hydrogen-bond donors (Lipinski definition) is 3. The molecule has 2 atom stereocenters. The highest BCUT2D eigenvalue weighted by Gasteiger charge is 2.20. The first-order valence-corrected chi connectivity index (χ1v) is 10.0. The number of nitrogens with one attached hydrogen (secondary N) is 3. The smallest absolute Gasteiger partial charge is 0.262 e. The summed E-state index contributed by atoms with van der Waals surface area (Å²) in [6, 6.07) is 12.4. The van der Waals surface area contributed by atoms with Crippen LogP contribution in [0.15, 0.2) is 52.4 Å². The van der Waals surface area contributed by atoms with Crippen LogP contribution >= 0.6 is 27.3 Å². The van der Waals surface area contributed by atoms with E-state index in [4.69, 9.17) is 0 Å². The summed E-state index contributed by atoms with van der Waals surface area (Å²) < 4.78 is 0.866. The molecule has 140 valence electrons. The molecule has 0 spiro atoms. The van der Waals surface area contributed by atoms with Crippen LogP contribution in [0.4, 0.5) is 0 Å². The minimum atomic E-state index is -0.663. The Bertz CT molecular complexity index is 938. The zero-order chi connectivity index (χ0) is 19.4. The molecule has 0 saturated heterocycles. The van der Waals surface area contributed by atoms with Crippen molar-refractivity contribution >= 4 is 39.1 Å². The van der Waals surface area contributed by atoms with Crippen LogP contribution in [0.1, 0.15) is 35.4 Å². The molecule has 0 fully saturated rings. The number of aromatic nitrogens is 2. The molecule has 2 heterocycles. The number of H-pyrrole nitrogens is 1. The molecule has 27 heavy (non-hydrogen) atoms. The number of rotatable bonds is 6. The van der Waals surface area contributed by atoms with Gasteiger partial charge in [-0.2, -0.15) is 0 Å². The Hall–Kier alpha value is -2.45. The summed E-state index contributed by atoms with van der Waals surface area (Å²) in [4.78, 5) is 32.7. The van der Waals surface area contributed by atoms with Crippen LogP contribution in [0.5, 0.6) is 0 Å². The molecule has 3 rings (SSSR count). The Labute approximate surface area is 169 Å². The van der Waals surface area contributed by atoms with Gasteiger partial charge >= 0.3 is 0 Å². The third-order valence-corrected chi connectivity index (χ3v) is 5.61. The molecular formula is C19H19BrN4O2S. The highest BCUT2D eigenvalue weighted by molar-refractivity contribution is 9.11. The van der Waals surface area contributed by atoms with E-state index in [1.54, 1.807) is 25.3 Å². The van der Waals surface area contributed by atoms with Crippen LogP contribution in [-0.2, 0) is 4.79 Å². The van der Waals surface area contributed by atoms with E-state index in [0.717, 1.165) is 15.0 Å². The van der Waals surface area contributed by atoms with Crippen molar-refractivity contribution in [2.24, 2.45) is 0 Å². The number of imidazole rings is 1. The van der Waals surface area contributed by atoms with Gasteiger partial charge in [-0.1, -0.05) is 30.3 Å². The lowest BCUT2D eigenvalue weighted by atomic mass is 10.2. The minimum Gasteiger partial charge on any atom is -0.345 e. The van der Waals surface area contributed by atoms with Crippen LogP contribution in [0.3, 0.4) is 0 Å². The van der Waals surface area contributed by atoms with E-state index in [9.17, 15) is 9.59 Å². The van der Waals surface area contributed by atoms with Gasteiger partial charge in [0.05, 0.1) is 26.6 Å². The lowest BCUT2D eigenvalue weighted by Gasteiger charge is -2.17. The molecule has 6 nitrogen and oxygen atoms in total. The van der Waals surface area contributed by atoms with Gasteiger partial charge in [-0.15, -0.1) is 11.3 Å². The topological polar surface area (TPSA) is 86.9 Å². The van der Waals surface area contributed by atoms with Crippen LogP contribution in [0, 0.1) is 0 Å². The first kappa shape index (κ1) is 19.3. The number of benzene rings is 1. The number of aromatic amines is 1. The van der Waals surface area contributed by atoms with Crippen LogP contribution in [0.2, 0.25) is 0 Å². The van der Waals surface area contributed by atoms with Gasteiger partial charge in [0.25, 0.3) is 5.91 Å². The fraction of sp³-hybridized carbons (Fsp3) is 0.211. The average Bonchev–Trinajstić information content (AvgIpc) is 3.31. The Balaban J connectivity index is 1.58. The first-order valence-electron chi connectivity index (χ1n) is 8.41. The summed E-state index contributed by atoms with van der Waals surface area (Å²) in [5.41, 5.74) is 1.91. The third kappa shape index (κ3) is 4.84. The average molecular weight is 447 g/mol. The lowest BCUT2D eigenvalue weighted by molar-refractivity contribution is -0.123. The second-order valence-electron chi connectivity index (χ2n) is 6.08. The molecule has 1 aromatic carbocycles. The van der Waals surface area contributed by atoms with Crippen molar-refractivity contribution in [2.75, 3.05) is 0 Å². The third-order valence-electron chi connectivity index (χ3n) is 3.99. The summed E-state index contributed by atoms with van der Waals surface area (Å²) in [5, 5.41) is 5.57. The predicted octanol–water partition coefficient (Wildman–Crippen LogP) is 3.90. The monoisotopic (exact) mass is 446 g/mol. The second kappa shape index (κ2) is 8.49. The Kier molecular flexibility index (Phi) is 6.08. The summed E-state index contributed by atoms with van der Waals surface area (Å²) in [6.07, 6.45) is 1.74. The van der Waals surface area contributed by atoms with E-state index in [-0.39, 0.29) is 17.9 Å². The highest BCUT2D eigenvalue weighted by Crippen LogP contribution is 2.22. The molecule has 2 unspecified atom stereocenters. The van der Waals surface area contributed by atoms with Crippen molar-refractivity contribution in [1.29, 1.82) is 0 Å². The summed E-state index contributed by atoms with van der Waals surface area (Å²) in [6.45, 7) is 3.50. The fourth-order valence-corrected chi connectivity index (χ4v) is 3.79. The zero-order valence-corrected chi connectivity index (χ0v) is 17.2.